The van der Waals surface area contributed by atoms with E-state index in [-0.39, 0.29) is 6.10 Å². The number of hydrogen-bond acceptors (Lipinski definition) is 5. The van der Waals surface area contributed by atoms with Crippen LogP contribution >= 0.6 is 11.8 Å². The number of ether oxygens (including phenoxy) is 1. The summed E-state index contributed by atoms with van der Waals surface area (Å²) in [5, 5.41) is 13.9. The van der Waals surface area contributed by atoms with Crippen LogP contribution in [0.4, 0.5) is 0 Å². The number of hydrogen-bond donors (Lipinski definition) is 1. The molecule has 0 amide bonds. The summed E-state index contributed by atoms with van der Waals surface area (Å²) in [5.41, 5.74) is 0. The van der Waals surface area contributed by atoms with E-state index in [4.69, 9.17) is 4.74 Å². The van der Waals surface area contributed by atoms with E-state index in [0.717, 1.165) is 11.5 Å². The molecule has 2 heterocycles. The van der Waals surface area contributed by atoms with Crippen LogP contribution in [-0.2, 0) is 11.8 Å². The Morgan fingerprint density at radius 1 is 1.79 bits per heavy atom. The molecule has 1 saturated heterocycles. The van der Waals surface area contributed by atoms with Gasteiger partial charge in [-0.25, -0.2) is 4.98 Å². The average molecular weight is 215 g/mol. The lowest BCUT2D eigenvalue weighted by Gasteiger charge is -2.25. The van der Waals surface area contributed by atoms with Crippen LogP contribution in [0.25, 0.3) is 0 Å². The Balaban J connectivity index is 2.07. The molecular weight excluding hydrogens is 202 g/mol. The summed E-state index contributed by atoms with van der Waals surface area (Å²) in [5.74, 6) is 2.38. The lowest BCUT2D eigenvalue weighted by Crippen LogP contribution is -2.31. The molecule has 2 unspecified atom stereocenters. The van der Waals surface area contributed by atoms with E-state index in [9.17, 15) is 5.11 Å². The first-order chi connectivity index (χ1) is 6.79. The van der Waals surface area contributed by atoms with Crippen LogP contribution in [-0.4, -0.2) is 44.1 Å². The van der Waals surface area contributed by atoms with Crippen molar-refractivity contribution in [2.24, 2.45) is 7.05 Å². The van der Waals surface area contributed by atoms with Crippen LogP contribution in [0.15, 0.2) is 6.33 Å². The highest BCUT2D eigenvalue weighted by atomic mass is 32.2. The third-order valence-electron chi connectivity index (χ3n) is 2.20. The standard InChI is InChI=1S/C8H13N3O2S/c1-11-8(9-5-10-11)7(12)6-4-14-3-2-13-6/h5-7,12H,2-4H2,1H3. The summed E-state index contributed by atoms with van der Waals surface area (Å²) in [6, 6.07) is 0. The van der Waals surface area contributed by atoms with Gasteiger partial charge in [0.1, 0.15) is 12.4 Å². The van der Waals surface area contributed by atoms with Crippen LogP contribution in [0.5, 0.6) is 0 Å². The maximum Gasteiger partial charge on any atom is 0.158 e. The van der Waals surface area contributed by atoms with Gasteiger partial charge in [0.05, 0.1) is 12.7 Å². The molecule has 0 aliphatic carbocycles. The van der Waals surface area contributed by atoms with Gasteiger partial charge >= 0.3 is 0 Å². The van der Waals surface area contributed by atoms with Crippen LogP contribution in [0.3, 0.4) is 0 Å². The second-order valence-electron chi connectivity index (χ2n) is 3.17. The summed E-state index contributed by atoms with van der Waals surface area (Å²) < 4.78 is 7.04. The zero-order valence-corrected chi connectivity index (χ0v) is 8.78. The molecule has 6 heteroatoms. The maximum absolute atomic E-state index is 9.95. The second kappa shape index (κ2) is 4.29. The van der Waals surface area contributed by atoms with E-state index >= 15 is 0 Å². The zero-order chi connectivity index (χ0) is 9.97. The third-order valence-corrected chi connectivity index (χ3v) is 3.22. The molecule has 2 atom stereocenters. The summed E-state index contributed by atoms with van der Waals surface area (Å²) >= 11 is 1.79. The van der Waals surface area contributed by atoms with Crippen molar-refractivity contribution in [3.05, 3.63) is 12.2 Å². The van der Waals surface area contributed by atoms with Gasteiger partial charge in [0, 0.05) is 18.6 Å². The summed E-state index contributed by atoms with van der Waals surface area (Å²) in [6.45, 7) is 0.699. The van der Waals surface area contributed by atoms with Crippen molar-refractivity contribution in [3.8, 4) is 0 Å². The number of nitrogens with zero attached hydrogens (tertiary/aromatic N) is 3. The minimum Gasteiger partial charge on any atom is -0.382 e. The van der Waals surface area contributed by atoms with Crippen LogP contribution in [0, 0.1) is 0 Å². The molecule has 0 spiro atoms. The van der Waals surface area contributed by atoms with Crippen LogP contribution in [0.1, 0.15) is 11.9 Å². The molecule has 2 rings (SSSR count). The van der Waals surface area contributed by atoms with Gasteiger partial charge in [-0.3, -0.25) is 4.68 Å². The Morgan fingerprint density at radius 3 is 3.21 bits per heavy atom. The van der Waals surface area contributed by atoms with E-state index in [1.165, 1.54) is 6.33 Å². The van der Waals surface area contributed by atoms with Crippen LogP contribution < -0.4 is 0 Å². The van der Waals surface area contributed by atoms with E-state index in [2.05, 4.69) is 10.1 Å². The summed E-state index contributed by atoms with van der Waals surface area (Å²) in [4.78, 5) is 4.00. The first-order valence-corrected chi connectivity index (χ1v) is 5.66. The van der Waals surface area contributed by atoms with Crippen molar-refractivity contribution in [2.75, 3.05) is 18.1 Å². The first kappa shape index (κ1) is 9.95. The van der Waals surface area contributed by atoms with Gasteiger partial charge in [-0.15, -0.1) is 0 Å². The fourth-order valence-electron chi connectivity index (χ4n) is 1.43. The van der Waals surface area contributed by atoms with Gasteiger partial charge in [-0.05, 0) is 0 Å². The molecule has 14 heavy (non-hydrogen) atoms. The van der Waals surface area contributed by atoms with Crippen molar-refractivity contribution in [1.29, 1.82) is 0 Å². The Bertz CT molecular complexity index is 299. The van der Waals surface area contributed by atoms with Crippen molar-refractivity contribution in [1.82, 2.24) is 14.8 Å². The minimum atomic E-state index is -0.671. The van der Waals surface area contributed by atoms with Gasteiger partial charge in [-0.2, -0.15) is 16.9 Å². The molecule has 1 fully saturated rings. The molecule has 0 bridgehead atoms. The molecule has 1 N–H and O–H groups in total. The monoisotopic (exact) mass is 215 g/mol. The van der Waals surface area contributed by atoms with Crippen LogP contribution in [0.2, 0.25) is 0 Å². The molecule has 1 aromatic heterocycles. The highest BCUT2D eigenvalue weighted by Crippen LogP contribution is 2.23. The lowest BCUT2D eigenvalue weighted by atomic mass is 10.2. The third kappa shape index (κ3) is 1.92. The molecule has 5 nitrogen and oxygen atoms in total. The lowest BCUT2D eigenvalue weighted by molar-refractivity contribution is -0.0280. The van der Waals surface area contributed by atoms with Crippen molar-refractivity contribution in [3.63, 3.8) is 0 Å². The van der Waals surface area contributed by atoms with E-state index < -0.39 is 6.10 Å². The number of aryl methyl sites for hydroxylation is 1. The number of aliphatic hydroxyl groups excluding tert-OH is 1. The Morgan fingerprint density at radius 2 is 2.64 bits per heavy atom. The van der Waals surface area contributed by atoms with E-state index in [0.29, 0.717) is 12.4 Å². The normalized spacial score (nSPS) is 24.9. The van der Waals surface area contributed by atoms with E-state index in [1.54, 1.807) is 23.5 Å². The maximum atomic E-state index is 9.95. The largest absolute Gasteiger partial charge is 0.382 e. The quantitative estimate of drug-likeness (QED) is 0.751. The summed E-state index contributed by atoms with van der Waals surface area (Å²) in [6.07, 6.45) is 0.612. The average Bonchev–Trinajstić information content (AvgIpc) is 2.65. The van der Waals surface area contributed by atoms with Crippen molar-refractivity contribution >= 4 is 11.8 Å². The zero-order valence-electron chi connectivity index (χ0n) is 7.96. The number of aliphatic hydroxyl groups is 1. The Kier molecular flexibility index (Phi) is 3.05. The predicted octanol–water partition coefficient (Wildman–Crippen LogP) is -0.0195. The molecular formula is C8H13N3O2S. The van der Waals surface area contributed by atoms with E-state index in [1.807, 2.05) is 0 Å². The highest BCUT2D eigenvalue weighted by Gasteiger charge is 2.27. The fraction of sp³-hybridized carbons (Fsp3) is 0.750. The van der Waals surface area contributed by atoms with Gasteiger partial charge in [-0.1, -0.05) is 0 Å². The first-order valence-electron chi connectivity index (χ1n) is 4.50. The topological polar surface area (TPSA) is 60.2 Å². The van der Waals surface area contributed by atoms with Gasteiger partial charge in [0.2, 0.25) is 0 Å². The molecule has 1 aliphatic rings. The Labute approximate surface area is 86.5 Å². The molecule has 0 aromatic carbocycles. The minimum absolute atomic E-state index is 0.156. The van der Waals surface area contributed by atoms with Crippen molar-refractivity contribution < 1.29 is 9.84 Å². The molecule has 0 saturated carbocycles. The van der Waals surface area contributed by atoms with Gasteiger partial charge in [0.15, 0.2) is 5.82 Å². The molecule has 1 aliphatic heterocycles. The number of thioether (sulfide) groups is 1. The van der Waals surface area contributed by atoms with Gasteiger partial charge in [0.25, 0.3) is 0 Å². The highest BCUT2D eigenvalue weighted by molar-refractivity contribution is 7.99. The second-order valence-corrected chi connectivity index (χ2v) is 4.32. The fourth-order valence-corrected chi connectivity index (χ4v) is 2.32. The molecule has 78 valence electrons. The predicted molar refractivity (Wildman–Crippen MR) is 53.0 cm³/mol. The summed E-state index contributed by atoms with van der Waals surface area (Å²) in [7, 11) is 1.77. The molecule has 1 aromatic rings. The smallest absolute Gasteiger partial charge is 0.158 e. The van der Waals surface area contributed by atoms with Crippen molar-refractivity contribution in [2.45, 2.75) is 12.2 Å². The Hall–Kier alpha value is -0.590. The van der Waals surface area contributed by atoms with Gasteiger partial charge < -0.3 is 9.84 Å². The number of aromatic nitrogens is 3. The molecule has 0 radical (unpaired) electrons. The number of rotatable bonds is 2. The SMILES string of the molecule is Cn1ncnc1C(O)C1CSCCO1.